The number of rotatable bonds is 2. The molecule has 2 aromatic rings. The van der Waals surface area contributed by atoms with Crippen LogP contribution in [0.2, 0.25) is 0 Å². The first-order chi connectivity index (χ1) is 7.25. The molecule has 0 saturated heterocycles. The van der Waals surface area contributed by atoms with Gasteiger partial charge >= 0.3 is 0 Å². The van der Waals surface area contributed by atoms with Crippen molar-refractivity contribution in [1.29, 1.82) is 0 Å². The summed E-state index contributed by atoms with van der Waals surface area (Å²) in [5.74, 6) is 1.43. The molecule has 2 N–H and O–H groups in total. The number of ether oxygens (including phenoxy) is 1. The van der Waals surface area contributed by atoms with Crippen molar-refractivity contribution in [1.82, 2.24) is 0 Å². The van der Waals surface area contributed by atoms with E-state index >= 15 is 0 Å². The molecule has 2 aromatic carbocycles. The molecule has 0 saturated carbocycles. The zero-order valence-corrected chi connectivity index (χ0v) is 8.95. The fourth-order valence-corrected chi connectivity index (χ4v) is 1.46. The van der Waals surface area contributed by atoms with Crippen molar-refractivity contribution in [3.8, 4) is 11.5 Å². The molecule has 0 atom stereocenters. The second-order valence-electron chi connectivity index (χ2n) is 3.14. The maximum Gasteiger partial charge on any atom is 0.150 e. The Bertz CT molecular complexity index is 456. The van der Waals surface area contributed by atoms with Crippen LogP contribution >= 0.6 is 12.6 Å². The van der Waals surface area contributed by atoms with Crippen LogP contribution in [-0.2, 0) is 0 Å². The number of nitrogen functional groups attached to an aromatic ring is 1. The summed E-state index contributed by atoms with van der Waals surface area (Å²) in [7, 11) is 0. The van der Waals surface area contributed by atoms with Crippen LogP contribution in [0.5, 0.6) is 11.5 Å². The average Bonchev–Trinajstić information content (AvgIpc) is 2.24. The largest absolute Gasteiger partial charge is 0.455 e. The Morgan fingerprint density at radius 3 is 2.40 bits per heavy atom. The summed E-state index contributed by atoms with van der Waals surface area (Å²) in [6.45, 7) is 0. The molecule has 0 unspecified atom stereocenters. The fraction of sp³-hybridized carbons (Fsp3) is 0. The van der Waals surface area contributed by atoms with Crippen molar-refractivity contribution < 1.29 is 4.74 Å². The molecule has 0 aliphatic carbocycles. The van der Waals surface area contributed by atoms with Gasteiger partial charge in [0.05, 0.1) is 5.69 Å². The van der Waals surface area contributed by atoms with E-state index in [4.69, 9.17) is 10.5 Å². The highest BCUT2D eigenvalue weighted by molar-refractivity contribution is 7.80. The zero-order chi connectivity index (χ0) is 10.7. The summed E-state index contributed by atoms with van der Waals surface area (Å²) in [5, 5.41) is 0. The summed E-state index contributed by atoms with van der Waals surface area (Å²) in [6, 6.07) is 15.0. The van der Waals surface area contributed by atoms with Gasteiger partial charge in [-0.15, -0.1) is 12.6 Å². The standard InChI is InChI=1S/C12H11NOS/c13-11-8-10(15)6-7-12(11)14-9-4-2-1-3-5-9/h1-8,15H,13H2. The van der Waals surface area contributed by atoms with E-state index in [2.05, 4.69) is 12.6 Å². The van der Waals surface area contributed by atoms with E-state index < -0.39 is 0 Å². The Balaban J connectivity index is 2.25. The van der Waals surface area contributed by atoms with Crippen molar-refractivity contribution >= 4 is 18.3 Å². The molecule has 0 amide bonds. The number of nitrogens with two attached hydrogens (primary N) is 1. The Hall–Kier alpha value is -1.61. The van der Waals surface area contributed by atoms with Crippen LogP contribution in [0.25, 0.3) is 0 Å². The molecule has 0 aromatic heterocycles. The number of thiol groups is 1. The van der Waals surface area contributed by atoms with Gasteiger partial charge < -0.3 is 10.5 Å². The highest BCUT2D eigenvalue weighted by atomic mass is 32.1. The van der Waals surface area contributed by atoms with E-state index in [0.29, 0.717) is 11.4 Å². The van der Waals surface area contributed by atoms with Crippen molar-refractivity contribution in [3.05, 3.63) is 48.5 Å². The van der Waals surface area contributed by atoms with E-state index in [1.54, 1.807) is 6.07 Å². The monoisotopic (exact) mass is 217 g/mol. The molecular weight excluding hydrogens is 206 g/mol. The quantitative estimate of drug-likeness (QED) is 0.597. The van der Waals surface area contributed by atoms with E-state index in [-0.39, 0.29) is 0 Å². The third-order valence-electron chi connectivity index (χ3n) is 1.96. The van der Waals surface area contributed by atoms with Crippen LogP contribution < -0.4 is 10.5 Å². The summed E-state index contributed by atoms with van der Waals surface area (Å²) in [5.41, 5.74) is 6.38. The predicted octanol–water partition coefficient (Wildman–Crippen LogP) is 3.35. The van der Waals surface area contributed by atoms with Gasteiger partial charge in [0, 0.05) is 4.90 Å². The maximum absolute atomic E-state index is 5.80. The SMILES string of the molecule is Nc1cc(S)ccc1Oc1ccccc1. The smallest absolute Gasteiger partial charge is 0.150 e. The number of hydrogen-bond acceptors (Lipinski definition) is 3. The maximum atomic E-state index is 5.80. The molecule has 0 radical (unpaired) electrons. The molecule has 0 bridgehead atoms. The van der Waals surface area contributed by atoms with Crippen LogP contribution in [0.15, 0.2) is 53.4 Å². The van der Waals surface area contributed by atoms with Gasteiger partial charge in [-0.3, -0.25) is 0 Å². The van der Waals surface area contributed by atoms with Gasteiger partial charge in [0.15, 0.2) is 0 Å². The topological polar surface area (TPSA) is 35.2 Å². The van der Waals surface area contributed by atoms with Crippen molar-refractivity contribution in [2.45, 2.75) is 4.90 Å². The summed E-state index contributed by atoms with van der Waals surface area (Å²) in [6.07, 6.45) is 0. The van der Waals surface area contributed by atoms with Crippen LogP contribution in [0.3, 0.4) is 0 Å². The van der Waals surface area contributed by atoms with Gasteiger partial charge in [0.25, 0.3) is 0 Å². The Kier molecular flexibility index (Phi) is 2.83. The van der Waals surface area contributed by atoms with E-state index in [1.807, 2.05) is 42.5 Å². The summed E-state index contributed by atoms with van der Waals surface area (Å²) >= 11 is 4.19. The molecule has 76 valence electrons. The number of hydrogen-bond donors (Lipinski definition) is 2. The first-order valence-electron chi connectivity index (χ1n) is 4.57. The van der Waals surface area contributed by atoms with Gasteiger partial charge in [-0.25, -0.2) is 0 Å². The van der Waals surface area contributed by atoms with Gasteiger partial charge in [-0.1, -0.05) is 18.2 Å². The molecule has 0 aliphatic rings. The molecule has 15 heavy (non-hydrogen) atoms. The van der Waals surface area contributed by atoms with Gasteiger partial charge in [-0.2, -0.15) is 0 Å². The highest BCUT2D eigenvalue weighted by Crippen LogP contribution is 2.28. The lowest BCUT2D eigenvalue weighted by Crippen LogP contribution is -1.91. The predicted molar refractivity (Wildman–Crippen MR) is 64.6 cm³/mol. The second kappa shape index (κ2) is 4.28. The number of para-hydroxylation sites is 1. The number of benzene rings is 2. The first kappa shape index (κ1) is 9.93. The molecule has 0 spiro atoms. The minimum Gasteiger partial charge on any atom is -0.455 e. The normalized spacial score (nSPS) is 9.93. The Morgan fingerprint density at radius 1 is 1.00 bits per heavy atom. The molecule has 0 heterocycles. The van der Waals surface area contributed by atoms with Gasteiger partial charge in [0.1, 0.15) is 11.5 Å². The zero-order valence-electron chi connectivity index (χ0n) is 8.05. The van der Waals surface area contributed by atoms with Crippen LogP contribution in [0.4, 0.5) is 5.69 Å². The van der Waals surface area contributed by atoms with E-state index in [9.17, 15) is 0 Å². The lowest BCUT2D eigenvalue weighted by molar-refractivity contribution is 0.484. The van der Waals surface area contributed by atoms with Gasteiger partial charge in [0.2, 0.25) is 0 Å². The molecule has 2 rings (SSSR count). The minimum atomic E-state index is 0.589. The summed E-state index contributed by atoms with van der Waals surface area (Å²) in [4.78, 5) is 0.827. The number of anilines is 1. The first-order valence-corrected chi connectivity index (χ1v) is 5.02. The van der Waals surface area contributed by atoms with Crippen LogP contribution in [0.1, 0.15) is 0 Å². The third-order valence-corrected chi connectivity index (χ3v) is 2.24. The lowest BCUT2D eigenvalue weighted by Gasteiger charge is -2.08. The molecule has 0 fully saturated rings. The van der Waals surface area contributed by atoms with Gasteiger partial charge in [-0.05, 0) is 30.3 Å². The molecular formula is C12H11NOS. The van der Waals surface area contributed by atoms with E-state index in [0.717, 1.165) is 10.6 Å². The molecule has 2 nitrogen and oxygen atoms in total. The Morgan fingerprint density at radius 2 is 1.73 bits per heavy atom. The van der Waals surface area contributed by atoms with Crippen molar-refractivity contribution in [3.63, 3.8) is 0 Å². The average molecular weight is 217 g/mol. The summed E-state index contributed by atoms with van der Waals surface area (Å²) < 4.78 is 5.61. The second-order valence-corrected chi connectivity index (χ2v) is 3.65. The van der Waals surface area contributed by atoms with Crippen LogP contribution in [0, 0.1) is 0 Å². The molecule has 3 heteroatoms. The van der Waals surface area contributed by atoms with Crippen LogP contribution in [-0.4, -0.2) is 0 Å². The third kappa shape index (κ3) is 2.44. The minimum absolute atomic E-state index is 0.589. The van der Waals surface area contributed by atoms with E-state index in [1.165, 1.54) is 0 Å². The molecule has 0 aliphatic heterocycles. The van der Waals surface area contributed by atoms with Crippen molar-refractivity contribution in [2.24, 2.45) is 0 Å². The van der Waals surface area contributed by atoms with Crippen molar-refractivity contribution in [2.75, 3.05) is 5.73 Å². The Labute approximate surface area is 94.1 Å². The lowest BCUT2D eigenvalue weighted by atomic mass is 10.3. The fourth-order valence-electron chi connectivity index (χ4n) is 1.24. The highest BCUT2D eigenvalue weighted by Gasteiger charge is 2.01.